The third-order valence-corrected chi connectivity index (χ3v) is 4.80. The molecule has 0 aliphatic heterocycles. The van der Waals surface area contributed by atoms with Crippen molar-refractivity contribution in [2.45, 2.75) is 135 Å². The van der Waals surface area contributed by atoms with Crippen molar-refractivity contribution >= 4 is 0 Å². The van der Waals surface area contributed by atoms with Crippen LogP contribution < -0.4 is 5.32 Å². The first-order valence-electron chi connectivity index (χ1n) is 10.8. The molecule has 2 atom stereocenters. The van der Waals surface area contributed by atoms with Gasteiger partial charge >= 0.3 is 0 Å². The van der Waals surface area contributed by atoms with Crippen molar-refractivity contribution in [3.63, 3.8) is 0 Å². The SMILES string of the molecule is CCCCCCCCCCCC(O)NC(O)CCCCCCCC. The average Bonchev–Trinajstić information content (AvgIpc) is 2.56. The molecule has 3 heteroatoms. The van der Waals surface area contributed by atoms with Crippen molar-refractivity contribution in [3.8, 4) is 0 Å². The highest BCUT2D eigenvalue weighted by molar-refractivity contribution is 4.59. The van der Waals surface area contributed by atoms with Crippen molar-refractivity contribution in [2.24, 2.45) is 0 Å². The van der Waals surface area contributed by atoms with E-state index in [-0.39, 0.29) is 0 Å². The molecular weight excluding hydrogens is 298 g/mol. The molecule has 0 aromatic rings. The molecule has 3 N–H and O–H groups in total. The van der Waals surface area contributed by atoms with Gasteiger partial charge in [0.05, 0.1) is 0 Å². The fraction of sp³-hybridized carbons (Fsp3) is 1.00. The fourth-order valence-electron chi connectivity index (χ4n) is 3.16. The summed E-state index contributed by atoms with van der Waals surface area (Å²) in [5.74, 6) is 0. The average molecular weight is 344 g/mol. The predicted octanol–water partition coefficient (Wildman–Crippen LogP) is 5.88. The minimum absolute atomic E-state index is 0.551. The summed E-state index contributed by atoms with van der Waals surface area (Å²) in [4.78, 5) is 0. The molecule has 0 heterocycles. The first-order chi connectivity index (χ1) is 11.7. The van der Waals surface area contributed by atoms with E-state index in [9.17, 15) is 10.2 Å². The van der Waals surface area contributed by atoms with Gasteiger partial charge in [-0.15, -0.1) is 0 Å². The van der Waals surface area contributed by atoms with Gasteiger partial charge in [0.25, 0.3) is 0 Å². The minimum Gasteiger partial charge on any atom is -0.379 e. The molecule has 3 nitrogen and oxygen atoms in total. The maximum atomic E-state index is 9.92. The molecule has 0 radical (unpaired) electrons. The molecular formula is C21H45NO2. The normalized spacial score (nSPS) is 14.0. The van der Waals surface area contributed by atoms with Crippen molar-refractivity contribution in [3.05, 3.63) is 0 Å². The van der Waals surface area contributed by atoms with E-state index < -0.39 is 12.5 Å². The van der Waals surface area contributed by atoms with Gasteiger partial charge in [0, 0.05) is 0 Å². The van der Waals surface area contributed by atoms with Crippen LogP contribution >= 0.6 is 0 Å². The van der Waals surface area contributed by atoms with Gasteiger partial charge in [-0.1, -0.05) is 97.3 Å². The topological polar surface area (TPSA) is 52.5 Å². The van der Waals surface area contributed by atoms with Crippen LogP contribution in [0.1, 0.15) is 123 Å². The minimum atomic E-state index is -0.551. The lowest BCUT2D eigenvalue weighted by Crippen LogP contribution is -2.38. The highest BCUT2D eigenvalue weighted by Gasteiger charge is 2.09. The van der Waals surface area contributed by atoms with Crippen LogP contribution in [0.15, 0.2) is 0 Å². The Kier molecular flexibility index (Phi) is 19.1. The maximum Gasteiger partial charge on any atom is 0.106 e. The number of nitrogens with one attached hydrogen (secondary N) is 1. The van der Waals surface area contributed by atoms with Crippen LogP contribution in [0, 0.1) is 0 Å². The molecule has 0 aliphatic rings. The standard InChI is InChI=1S/C21H45NO2/c1-3-5-7-9-11-12-13-15-17-19-21(24)22-20(23)18-16-14-10-8-6-4-2/h20-24H,3-19H2,1-2H3. The van der Waals surface area contributed by atoms with E-state index in [2.05, 4.69) is 19.2 Å². The van der Waals surface area contributed by atoms with Gasteiger partial charge in [-0.05, 0) is 25.7 Å². The lowest BCUT2D eigenvalue weighted by atomic mass is 10.1. The van der Waals surface area contributed by atoms with Crippen molar-refractivity contribution in [1.82, 2.24) is 5.32 Å². The highest BCUT2D eigenvalue weighted by atomic mass is 16.3. The summed E-state index contributed by atoms with van der Waals surface area (Å²) in [5, 5.41) is 22.7. The summed E-state index contributed by atoms with van der Waals surface area (Å²) in [7, 11) is 0. The molecule has 2 unspecified atom stereocenters. The molecule has 0 aliphatic carbocycles. The molecule has 0 saturated heterocycles. The van der Waals surface area contributed by atoms with Gasteiger partial charge in [-0.25, -0.2) is 0 Å². The summed E-state index contributed by atoms with van der Waals surface area (Å²) in [6, 6.07) is 0. The molecule has 146 valence electrons. The van der Waals surface area contributed by atoms with Crippen molar-refractivity contribution in [1.29, 1.82) is 0 Å². The van der Waals surface area contributed by atoms with Crippen LogP contribution in [0.4, 0.5) is 0 Å². The van der Waals surface area contributed by atoms with Crippen LogP contribution in [0.25, 0.3) is 0 Å². The number of aliphatic hydroxyl groups is 2. The van der Waals surface area contributed by atoms with Crippen molar-refractivity contribution < 1.29 is 10.2 Å². The van der Waals surface area contributed by atoms with Crippen LogP contribution in [0.2, 0.25) is 0 Å². The van der Waals surface area contributed by atoms with Crippen LogP contribution in [0.5, 0.6) is 0 Å². The lowest BCUT2D eigenvalue weighted by Gasteiger charge is -2.18. The van der Waals surface area contributed by atoms with Gasteiger partial charge in [-0.3, -0.25) is 5.32 Å². The summed E-state index contributed by atoms with van der Waals surface area (Å²) < 4.78 is 0. The Balaban J connectivity index is 3.30. The van der Waals surface area contributed by atoms with Crippen LogP contribution in [-0.4, -0.2) is 22.7 Å². The number of aliphatic hydroxyl groups excluding tert-OH is 2. The molecule has 0 spiro atoms. The Morgan fingerprint density at radius 1 is 0.500 bits per heavy atom. The zero-order valence-corrected chi connectivity index (χ0v) is 16.6. The van der Waals surface area contributed by atoms with E-state index in [4.69, 9.17) is 0 Å². The van der Waals surface area contributed by atoms with Gasteiger partial charge in [-0.2, -0.15) is 0 Å². The third kappa shape index (κ3) is 18.2. The van der Waals surface area contributed by atoms with E-state index in [1.807, 2.05) is 0 Å². The van der Waals surface area contributed by atoms with E-state index in [0.29, 0.717) is 0 Å². The molecule has 0 saturated carbocycles. The largest absolute Gasteiger partial charge is 0.379 e. The number of unbranched alkanes of at least 4 members (excludes halogenated alkanes) is 13. The summed E-state index contributed by atoms with van der Waals surface area (Å²) >= 11 is 0. The van der Waals surface area contributed by atoms with Crippen LogP contribution in [-0.2, 0) is 0 Å². The second-order valence-corrected chi connectivity index (χ2v) is 7.37. The molecule has 0 fully saturated rings. The Labute approximate surface area is 151 Å². The first kappa shape index (κ1) is 23.9. The van der Waals surface area contributed by atoms with Gasteiger partial charge in [0.15, 0.2) is 0 Å². The van der Waals surface area contributed by atoms with Gasteiger partial charge in [0.1, 0.15) is 12.5 Å². The summed E-state index contributed by atoms with van der Waals surface area (Å²) in [6.45, 7) is 4.48. The van der Waals surface area contributed by atoms with E-state index in [1.165, 1.54) is 83.5 Å². The van der Waals surface area contributed by atoms with Gasteiger partial charge in [0.2, 0.25) is 0 Å². The Hall–Kier alpha value is -0.120. The van der Waals surface area contributed by atoms with Crippen LogP contribution in [0.3, 0.4) is 0 Å². The molecule has 0 aromatic carbocycles. The smallest absolute Gasteiger partial charge is 0.106 e. The highest BCUT2D eigenvalue weighted by Crippen LogP contribution is 2.12. The molecule has 0 aromatic heterocycles. The Morgan fingerprint density at radius 2 is 0.792 bits per heavy atom. The van der Waals surface area contributed by atoms with Gasteiger partial charge < -0.3 is 10.2 Å². The molecule has 0 amide bonds. The predicted molar refractivity (Wildman–Crippen MR) is 105 cm³/mol. The third-order valence-electron chi connectivity index (χ3n) is 4.80. The fourth-order valence-corrected chi connectivity index (χ4v) is 3.16. The van der Waals surface area contributed by atoms with E-state index in [0.717, 1.165) is 25.7 Å². The quantitative estimate of drug-likeness (QED) is 0.203. The maximum absolute atomic E-state index is 9.92. The van der Waals surface area contributed by atoms with E-state index >= 15 is 0 Å². The second-order valence-electron chi connectivity index (χ2n) is 7.37. The van der Waals surface area contributed by atoms with Crippen molar-refractivity contribution in [2.75, 3.05) is 0 Å². The lowest BCUT2D eigenvalue weighted by molar-refractivity contribution is 0.0310. The Morgan fingerprint density at radius 3 is 1.12 bits per heavy atom. The van der Waals surface area contributed by atoms with E-state index in [1.54, 1.807) is 0 Å². The summed E-state index contributed by atoms with van der Waals surface area (Å²) in [5.41, 5.74) is 0. The Bertz CT molecular complexity index is 236. The summed E-state index contributed by atoms with van der Waals surface area (Å²) in [6.07, 6.45) is 19.5. The number of hydrogen-bond acceptors (Lipinski definition) is 3. The molecule has 24 heavy (non-hydrogen) atoms. The zero-order valence-electron chi connectivity index (χ0n) is 16.6. The second kappa shape index (κ2) is 19.2. The zero-order chi connectivity index (χ0) is 17.9. The number of rotatable bonds is 19. The number of hydrogen-bond donors (Lipinski definition) is 3. The monoisotopic (exact) mass is 343 g/mol. The molecule has 0 bridgehead atoms. The molecule has 0 rings (SSSR count). The first-order valence-corrected chi connectivity index (χ1v) is 10.8.